The lowest BCUT2D eigenvalue weighted by atomic mass is 10.2. The van der Waals surface area contributed by atoms with Crippen LogP contribution in [0.4, 0.5) is 11.5 Å². The summed E-state index contributed by atoms with van der Waals surface area (Å²) in [6.45, 7) is 6.37. The molecule has 1 aromatic rings. The molecule has 4 N–H and O–H groups in total. The Morgan fingerprint density at radius 2 is 2.14 bits per heavy atom. The topological polar surface area (TPSA) is 112 Å². The summed E-state index contributed by atoms with van der Waals surface area (Å²) in [5, 5.41) is 4.23. The molecule has 0 aromatic carbocycles. The van der Waals surface area contributed by atoms with Crippen molar-refractivity contribution in [1.82, 2.24) is 9.97 Å². The Morgan fingerprint density at radius 1 is 1.39 bits per heavy atom. The van der Waals surface area contributed by atoms with Crippen LogP contribution in [0.1, 0.15) is 33.6 Å². The number of aromatic nitrogens is 2. The molecule has 28 heavy (non-hydrogen) atoms. The van der Waals surface area contributed by atoms with Gasteiger partial charge < -0.3 is 30.2 Å². The molecular formula is C17H28ClN4O4PS. The molecule has 1 saturated carbocycles. The highest BCUT2D eigenvalue weighted by molar-refractivity contribution is 7.99. The van der Waals surface area contributed by atoms with Gasteiger partial charge in [0, 0.05) is 20.7 Å². The van der Waals surface area contributed by atoms with Crippen LogP contribution in [-0.2, 0) is 14.2 Å². The van der Waals surface area contributed by atoms with Gasteiger partial charge in [-0.2, -0.15) is 0 Å². The Morgan fingerprint density at radius 3 is 2.86 bits per heavy atom. The second-order valence-electron chi connectivity index (χ2n) is 7.28. The van der Waals surface area contributed by atoms with Crippen molar-refractivity contribution in [2.45, 2.75) is 68.9 Å². The maximum absolute atomic E-state index is 9.04. The van der Waals surface area contributed by atoms with Crippen molar-refractivity contribution in [3.63, 3.8) is 0 Å². The fourth-order valence-electron chi connectivity index (χ4n) is 3.46. The van der Waals surface area contributed by atoms with Crippen LogP contribution in [0.3, 0.4) is 0 Å². The Labute approximate surface area is 176 Å². The number of nitrogens with one attached hydrogen (secondary N) is 1. The van der Waals surface area contributed by atoms with Crippen molar-refractivity contribution >= 4 is 43.7 Å². The molecule has 2 fully saturated rings. The van der Waals surface area contributed by atoms with Crippen molar-refractivity contribution in [3.8, 4) is 0 Å². The Kier molecular flexibility index (Phi) is 7.64. The van der Waals surface area contributed by atoms with Gasteiger partial charge in [0.15, 0.2) is 21.9 Å². The van der Waals surface area contributed by atoms with Gasteiger partial charge in [-0.05, 0) is 26.7 Å². The lowest BCUT2D eigenvalue weighted by molar-refractivity contribution is -0.166. The summed E-state index contributed by atoms with van der Waals surface area (Å²) in [6, 6.07) is -0.0920. The zero-order chi connectivity index (χ0) is 20.3. The highest BCUT2D eigenvalue weighted by Gasteiger charge is 2.54. The molecule has 4 unspecified atom stereocenters. The van der Waals surface area contributed by atoms with Crippen LogP contribution in [-0.4, -0.2) is 63.5 Å². The number of rotatable bonds is 9. The van der Waals surface area contributed by atoms with E-state index in [9.17, 15) is 0 Å². The molecule has 1 aromatic heterocycles. The molecular weight excluding hydrogens is 423 g/mol. The van der Waals surface area contributed by atoms with Crippen molar-refractivity contribution < 1.29 is 19.1 Å². The fraction of sp³-hybridized carbons (Fsp3) is 0.765. The minimum atomic E-state index is -0.687. The zero-order valence-corrected chi connectivity index (χ0v) is 18.8. The molecule has 1 aliphatic carbocycles. The van der Waals surface area contributed by atoms with E-state index in [4.69, 9.17) is 36.4 Å². The van der Waals surface area contributed by atoms with Gasteiger partial charge in [-0.25, -0.2) is 9.97 Å². The normalized spacial score (nSPS) is 28.9. The molecule has 11 heteroatoms. The molecule has 1 aliphatic heterocycles. The number of anilines is 2. The van der Waals surface area contributed by atoms with Crippen molar-refractivity contribution in [3.05, 3.63) is 5.15 Å². The zero-order valence-electron chi connectivity index (χ0n) is 16.3. The van der Waals surface area contributed by atoms with Crippen LogP contribution >= 0.6 is 32.2 Å². The van der Waals surface area contributed by atoms with Gasteiger partial charge in [0.2, 0.25) is 0 Å². The number of thioether (sulfide) groups is 1. The SMILES string of the molecule is CCCSc1nc(Cl)c(N)c(NC2CC(OCCPO)[C@H]3OC(C)(C)OC23)n1. The summed E-state index contributed by atoms with van der Waals surface area (Å²) in [5.41, 5.74) is 6.45. The molecule has 158 valence electrons. The number of nitrogen functional groups attached to an aromatic ring is 1. The summed E-state index contributed by atoms with van der Waals surface area (Å²) in [7, 11) is -0.125. The Balaban J connectivity index is 1.76. The van der Waals surface area contributed by atoms with Crippen molar-refractivity contribution in [2.24, 2.45) is 0 Å². The standard InChI is InChI=1S/C17H28ClN4O4PS/c1-4-7-28-16-21-14(18)11(19)15(22-16)20-9-8-10(24-5-6-27-23)13-12(9)25-17(2,3)26-13/h9-10,12-13,23,27H,4-8,19H2,1-3H3,(H,20,21,22)/t9?,10?,12?,13-/m1/s1. The second-order valence-corrected chi connectivity index (χ2v) is 9.51. The lowest BCUT2D eigenvalue weighted by Gasteiger charge is -2.24. The minimum Gasteiger partial charge on any atom is -0.393 e. The van der Waals surface area contributed by atoms with Gasteiger partial charge in [0.1, 0.15) is 17.9 Å². The average Bonchev–Trinajstić information content (AvgIpc) is 3.11. The van der Waals surface area contributed by atoms with Crippen LogP contribution in [0.15, 0.2) is 5.16 Å². The predicted octanol–water partition coefficient (Wildman–Crippen LogP) is 2.89. The predicted molar refractivity (Wildman–Crippen MR) is 113 cm³/mol. The molecule has 5 atom stereocenters. The maximum atomic E-state index is 9.04. The van der Waals surface area contributed by atoms with Crippen LogP contribution in [0.25, 0.3) is 0 Å². The van der Waals surface area contributed by atoms with Gasteiger partial charge in [0.05, 0.1) is 18.8 Å². The maximum Gasteiger partial charge on any atom is 0.191 e. The largest absolute Gasteiger partial charge is 0.393 e. The minimum absolute atomic E-state index is 0.0920. The van der Waals surface area contributed by atoms with Crippen LogP contribution in [0.2, 0.25) is 5.15 Å². The first-order valence-corrected chi connectivity index (χ1v) is 11.9. The molecule has 0 amide bonds. The van der Waals surface area contributed by atoms with E-state index in [1.165, 1.54) is 0 Å². The first-order valence-electron chi connectivity index (χ1n) is 9.41. The lowest BCUT2D eigenvalue weighted by Crippen LogP contribution is -2.35. The van der Waals surface area contributed by atoms with E-state index in [-0.39, 0.29) is 38.3 Å². The van der Waals surface area contributed by atoms with Crippen molar-refractivity contribution in [1.29, 1.82) is 0 Å². The number of hydrogen-bond donors (Lipinski definition) is 3. The average molecular weight is 451 g/mol. The Hall–Kier alpha value is -0.410. The highest BCUT2D eigenvalue weighted by atomic mass is 35.5. The van der Waals surface area contributed by atoms with E-state index in [1.807, 2.05) is 13.8 Å². The smallest absolute Gasteiger partial charge is 0.191 e. The molecule has 0 bridgehead atoms. The number of halogens is 1. The first kappa shape index (κ1) is 22.3. The molecule has 8 nitrogen and oxygen atoms in total. The molecule has 3 rings (SSSR count). The summed E-state index contributed by atoms with van der Waals surface area (Å²) in [6.07, 6.45) is 1.78. The van der Waals surface area contributed by atoms with Crippen molar-refractivity contribution in [2.75, 3.05) is 29.6 Å². The molecule has 2 aliphatic rings. The van der Waals surface area contributed by atoms with E-state index in [1.54, 1.807) is 11.8 Å². The second kappa shape index (κ2) is 9.60. The van der Waals surface area contributed by atoms with E-state index in [0.717, 1.165) is 12.2 Å². The monoisotopic (exact) mass is 450 g/mol. The summed E-state index contributed by atoms with van der Waals surface area (Å²) >= 11 is 7.76. The number of nitrogens with zero attached hydrogens (tertiary/aromatic N) is 2. The molecule has 1 saturated heterocycles. The third kappa shape index (κ3) is 5.19. The fourth-order valence-corrected chi connectivity index (χ4v) is 4.59. The summed E-state index contributed by atoms with van der Waals surface area (Å²) < 4.78 is 18.2. The van der Waals surface area contributed by atoms with Gasteiger partial charge in [-0.3, -0.25) is 0 Å². The van der Waals surface area contributed by atoms with E-state index < -0.39 is 5.79 Å². The van der Waals surface area contributed by atoms with Gasteiger partial charge in [0.25, 0.3) is 0 Å². The summed E-state index contributed by atoms with van der Waals surface area (Å²) in [5.74, 6) is 0.723. The van der Waals surface area contributed by atoms with Gasteiger partial charge in [-0.1, -0.05) is 30.3 Å². The van der Waals surface area contributed by atoms with Gasteiger partial charge >= 0.3 is 0 Å². The Bertz CT molecular complexity index is 687. The number of fused-ring (bicyclic) bond motifs is 1. The third-order valence-corrected chi connectivity index (χ3v) is 6.36. The third-order valence-electron chi connectivity index (χ3n) is 4.59. The van der Waals surface area contributed by atoms with E-state index in [2.05, 4.69) is 22.2 Å². The van der Waals surface area contributed by atoms with E-state index >= 15 is 0 Å². The first-order chi connectivity index (χ1) is 13.3. The number of ether oxygens (including phenoxy) is 3. The summed E-state index contributed by atoms with van der Waals surface area (Å²) in [4.78, 5) is 17.8. The van der Waals surface area contributed by atoms with E-state index in [0.29, 0.717) is 35.9 Å². The molecule has 0 radical (unpaired) electrons. The molecule has 2 heterocycles. The molecule has 0 spiro atoms. The van der Waals surface area contributed by atoms with Crippen LogP contribution < -0.4 is 11.1 Å². The quantitative estimate of drug-likeness (QED) is 0.172. The van der Waals surface area contributed by atoms with Crippen LogP contribution in [0, 0.1) is 0 Å². The highest BCUT2D eigenvalue weighted by Crippen LogP contribution is 2.41. The number of hydrogen-bond acceptors (Lipinski definition) is 9. The number of nitrogens with two attached hydrogens (primary N) is 1. The van der Waals surface area contributed by atoms with Gasteiger partial charge in [-0.15, -0.1) is 0 Å². The van der Waals surface area contributed by atoms with Crippen LogP contribution in [0.5, 0.6) is 0 Å².